The lowest BCUT2D eigenvalue weighted by molar-refractivity contribution is -0.387. The predicted molar refractivity (Wildman–Crippen MR) is 173 cm³/mol. The zero-order valence-corrected chi connectivity index (χ0v) is 28.0. The topological polar surface area (TPSA) is 192 Å². The fraction of sp³-hybridized carbons (Fsp3) is 0.281. The van der Waals surface area contributed by atoms with Crippen molar-refractivity contribution in [3.05, 3.63) is 109 Å². The molecule has 0 fully saturated rings. The maximum Gasteiger partial charge on any atom is 0.360 e. The molecule has 0 saturated heterocycles. The summed E-state index contributed by atoms with van der Waals surface area (Å²) in [6.07, 6.45) is -0.928. The molecule has 0 saturated carbocycles. The van der Waals surface area contributed by atoms with Gasteiger partial charge in [-0.2, -0.15) is 4.72 Å². The van der Waals surface area contributed by atoms with Gasteiger partial charge in [-0.15, -0.1) is 0 Å². The second-order valence-electron chi connectivity index (χ2n) is 12.0. The minimum Gasteiger partial charge on any atom is -0.469 e. The number of aromatic nitrogens is 1. The highest BCUT2D eigenvalue weighted by Crippen LogP contribution is 2.59. The summed E-state index contributed by atoms with van der Waals surface area (Å²) in [5.74, 6) is -1.24. The molecular formula is C32H28BrN5O9S. The highest BCUT2D eigenvalue weighted by atomic mass is 79.9. The molecule has 4 aromatic rings. The van der Waals surface area contributed by atoms with Gasteiger partial charge in [-0.3, -0.25) is 14.9 Å². The van der Waals surface area contributed by atoms with Gasteiger partial charge in [0, 0.05) is 21.7 Å². The molecule has 14 nitrogen and oxygen atoms in total. The van der Waals surface area contributed by atoms with Crippen molar-refractivity contribution in [1.82, 2.24) is 15.0 Å². The number of sulfonamides is 1. The van der Waals surface area contributed by atoms with Crippen LogP contribution in [0.15, 0.2) is 74.4 Å². The first-order valence-electron chi connectivity index (χ1n) is 14.9. The summed E-state index contributed by atoms with van der Waals surface area (Å²) in [7, 11) is -3.36. The Hall–Kier alpha value is -4.80. The van der Waals surface area contributed by atoms with Crippen LogP contribution in [0.25, 0.3) is 0 Å². The molecule has 48 heavy (non-hydrogen) atoms. The maximum absolute atomic E-state index is 14.0. The molecule has 4 unspecified atom stereocenters. The van der Waals surface area contributed by atoms with Gasteiger partial charge in [0.1, 0.15) is 23.2 Å². The van der Waals surface area contributed by atoms with Gasteiger partial charge in [0.25, 0.3) is 5.69 Å². The van der Waals surface area contributed by atoms with Crippen molar-refractivity contribution >= 4 is 49.2 Å². The number of oxazole rings is 1. The molecule has 3 aliphatic rings. The van der Waals surface area contributed by atoms with Crippen LogP contribution in [-0.4, -0.2) is 49.6 Å². The molecule has 16 heteroatoms. The van der Waals surface area contributed by atoms with E-state index >= 15 is 0 Å². The number of hydrogen-bond acceptors (Lipinski definition) is 11. The van der Waals surface area contributed by atoms with Crippen LogP contribution in [-0.2, 0) is 31.4 Å². The van der Waals surface area contributed by atoms with E-state index in [0.717, 1.165) is 22.2 Å². The Morgan fingerprint density at radius 3 is 2.65 bits per heavy atom. The van der Waals surface area contributed by atoms with E-state index in [0.29, 0.717) is 22.6 Å². The Morgan fingerprint density at radius 2 is 1.92 bits per heavy atom. The molecule has 1 amide bonds. The summed E-state index contributed by atoms with van der Waals surface area (Å²) < 4.78 is 48.6. The number of rotatable bonds is 6. The molecule has 248 valence electrons. The summed E-state index contributed by atoms with van der Waals surface area (Å²) in [6, 6.07) is 13.3. The fourth-order valence-electron chi connectivity index (χ4n) is 6.64. The third kappa shape index (κ3) is 4.77. The molecule has 3 N–H and O–H groups in total. The molecule has 4 atom stereocenters. The van der Waals surface area contributed by atoms with Crippen molar-refractivity contribution in [2.24, 2.45) is 5.92 Å². The standard InChI is InChI=1S/C32H28BrN5O9S/c1-15(2)24-29-35-26(30(40)45-3)27(47-29)32-17-7-6-8-19(33)25(17)36-31(32)46-22-12-11-16(13-18(22)32)14-20(28(39)34-24)37-48(43,44)23-10-5-4-9-21(23)38(41)42/h4-13,15,20,24,31,36-37H,14H2,1-3H3,(H,34,39). The zero-order valence-electron chi connectivity index (χ0n) is 25.6. The zero-order chi connectivity index (χ0) is 34.1. The van der Waals surface area contributed by atoms with Gasteiger partial charge in [-0.25, -0.2) is 18.2 Å². The number of esters is 1. The molecule has 3 aliphatic heterocycles. The molecule has 0 radical (unpaired) electrons. The van der Waals surface area contributed by atoms with E-state index in [-0.39, 0.29) is 29.7 Å². The number of methoxy groups -OCH3 is 1. The number of nitrogens with one attached hydrogen (secondary N) is 3. The summed E-state index contributed by atoms with van der Waals surface area (Å²) >= 11 is 3.61. The number of benzene rings is 3. The lowest BCUT2D eigenvalue weighted by Gasteiger charge is -2.28. The highest BCUT2D eigenvalue weighted by molar-refractivity contribution is 9.10. The number of para-hydroxylation sites is 2. The van der Waals surface area contributed by atoms with Crippen LogP contribution in [0.3, 0.4) is 0 Å². The molecule has 4 heterocycles. The van der Waals surface area contributed by atoms with Crippen LogP contribution in [0.2, 0.25) is 0 Å². The van der Waals surface area contributed by atoms with Crippen molar-refractivity contribution in [3.8, 4) is 5.75 Å². The minimum atomic E-state index is -4.59. The molecule has 1 spiro atoms. The lowest BCUT2D eigenvalue weighted by Crippen LogP contribution is -2.49. The lowest BCUT2D eigenvalue weighted by atomic mass is 9.72. The monoisotopic (exact) mass is 737 g/mol. The normalized spacial score (nSPS) is 22.4. The first-order chi connectivity index (χ1) is 22.9. The summed E-state index contributed by atoms with van der Waals surface area (Å²) in [5, 5.41) is 18.0. The average Bonchev–Trinajstić information content (AvgIpc) is 3.72. The summed E-state index contributed by atoms with van der Waals surface area (Å²) in [5.41, 5.74) is 0.551. The maximum atomic E-state index is 14.0. The van der Waals surface area contributed by atoms with Gasteiger partial charge in [0.05, 0.1) is 17.7 Å². The number of ether oxygens (including phenoxy) is 2. The Labute approximate surface area is 282 Å². The predicted octanol–water partition coefficient (Wildman–Crippen LogP) is 4.33. The summed E-state index contributed by atoms with van der Waals surface area (Å²) in [6.45, 7) is 3.60. The highest BCUT2D eigenvalue weighted by Gasteiger charge is 2.61. The van der Waals surface area contributed by atoms with Gasteiger partial charge in [-0.1, -0.05) is 50.2 Å². The number of nitro benzene ring substituents is 1. The van der Waals surface area contributed by atoms with Crippen molar-refractivity contribution in [2.75, 3.05) is 12.4 Å². The molecule has 7 rings (SSSR count). The SMILES string of the molecule is COC(=O)c1nc2oc1C13c4cc(ccc4OC1Nc1c(Br)cccc13)CC(NS(=O)(=O)c1ccccc1[N+](=O)[O-])C(=O)NC2C(C)C. The second kappa shape index (κ2) is 11.4. The van der Waals surface area contributed by atoms with Crippen molar-refractivity contribution < 1.29 is 36.8 Å². The largest absolute Gasteiger partial charge is 0.469 e. The Balaban J connectivity index is 1.45. The number of carbonyl (C=O) groups excluding carboxylic acids is 2. The summed E-state index contributed by atoms with van der Waals surface area (Å²) in [4.78, 5) is 42.3. The first kappa shape index (κ1) is 31.8. The number of halogens is 1. The van der Waals surface area contributed by atoms with E-state index in [4.69, 9.17) is 13.9 Å². The second-order valence-corrected chi connectivity index (χ2v) is 14.5. The molecule has 4 bridgehead atoms. The van der Waals surface area contributed by atoms with Crippen LogP contribution in [0.1, 0.15) is 58.7 Å². The average molecular weight is 739 g/mol. The number of carbonyl (C=O) groups is 2. The van der Waals surface area contributed by atoms with E-state index in [1.165, 1.54) is 19.2 Å². The molecule has 0 aliphatic carbocycles. The number of anilines is 1. The van der Waals surface area contributed by atoms with E-state index in [1.807, 2.05) is 18.2 Å². The van der Waals surface area contributed by atoms with Crippen LogP contribution in [0.4, 0.5) is 11.4 Å². The Bertz CT molecular complexity index is 2140. The quantitative estimate of drug-likeness (QED) is 0.145. The van der Waals surface area contributed by atoms with Gasteiger partial charge < -0.3 is 24.5 Å². The van der Waals surface area contributed by atoms with Crippen LogP contribution >= 0.6 is 15.9 Å². The van der Waals surface area contributed by atoms with E-state index in [9.17, 15) is 28.1 Å². The molecule has 3 aromatic carbocycles. The van der Waals surface area contributed by atoms with Crippen LogP contribution < -0.4 is 20.1 Å². The third-order valence-electron chi connectivity index (χ3n) is 8.84. The van der Waals surface area contributed by atoms with Crippen molar-refractivity contribution in [1.29, 1.82) is 0 Å². The molecular weight excluding hydrogens is 710 g/mol. The number of fused-ring (bicyclic) bond motifs is 4. The number of hydrogen-bond donors (Lipinski definition) is 3. The van der Waals surface area contributed by atoms with E-state index in [1.54, 1.807) is 32.0 Å². The van der Waals surface area contributed by atoms with Crippen molar-refractivity contribution in [3.63, 3.8) is 0 Å². The Kier molecular flexibility index (Phi) is 7.56. The molecule has 1 aromatic heterocycles. The fourth-order valence-corrected chi connectivity index (χ4v) is 8.49. The van der Waals surface area contributed by atoms with Gasteiger partial charge in [0.15, 0.2) is 22.6 Å². The van der Waals surface area contributed by atoms with Gasteiger partial charge in [-0.05, 0) is 52.0 Å². The van der Waals surface area contributed by atoms with Gasteiger partial charge in [0.2, 0.25) is 21.8 Å². The third-order valence-corrected chi connectivity index (χ3v) is 11.0. The number of nitro groups is 1. The minimum absolute atomic E-state index is 0.00388. The van der Waals surface area contributed by atoms with E-state index < -0.39 is 61.1 Å². The number of nitrogens with zero attached hydrogens (tertiary/aromatic N) is 2. The number of amides is 1. The Morgan fingerprint density at radius 1 is 1.15 bits per heavy atom. The smallest absolute Gasteiger partial charge is 0.360 e. The first-order valence-corrected chi connectivity index (χ1v) is 17.2. The van der Waals surface area contributed by atoms with Gasteiger partial charge >= 0.3 is 5.97 Å². The van der Waals surface area contributed by atoms with E-state index in [2.05, 4.69) is 36.3 Å². The van der Waals surface area contributed by atoms with Crippen LogP contribution in [0, 0.1) is 16.0 Å². The van der Waals surface area contributed by atoms with Crippen LogP contribution in [0.5, 0.6) is 5.75 Å². The van der Waals surface area contributed by atoms with Crippen molar-refractivity contribution in [2.45, 2.75) is 48.9 Å².